The molecule has 18 heavy (non-hydrogen) atoms. The molecule has 0 aliphatic carbocycles. The quantitative estimate of drug-likeness (QED) is 0.729. The average molecular weight is 251 g/mol. The molecular formula is C12H17N3O3. The lowest BCUT2D eigenvalue weighted by Crippen LogP contribution is -2.45. The summed E-state index contributed by atoms with van der Waals surface area (Å²) in [6.07, 6.45) is 2.01. The van der Waals surface area contributed by atoms with Crippen molar-refractivity contribution in [3.63, 3.8) is 0 Å². The first-order chi connectivity index (χ1) is 8.52. The van der Waals surface area contributed by atoms with Crippen LogP contribution in [0.5, 0.6) is 0 Å². The van der Waals surface area contributed by atoms with E-state index in [1.54, 1.807) is 13.1 Å². The molecule has 98 valence electrons. The zero-order valence-electron chi connectivity index (χ0n) is 10.4. The molecule has 3 N–H and O–H groups in total. The van der Waals surface area contributed by atoms with Crippen LogP contribution >= 0.6 is 0 Å². The Kier molecular flexibility index (Phi) is 5.10. The fraction of sp³-hybridized carbons (Fsp3) is 0.417. The lowest BCUT2D eigenvalue weighted by molar-refractivity contribution is -0.139. The number of aryl methyl sites for hydroxylation is 1. The second-order valence-corrected chi connectivity index (χ2v) is 3.93. The molecule has 0 bridgehead atoms. The van der Waals surface area contributed by atoms with Gasteiger partial charge in [0.05, 0.1) is 0 Å². The minimum Gasteiger partial charge on any atom is -0.480 e. The van der Waals surface area contributed by atoms with E-state index in [0.717, 1.165) is 11.3 Å². The zero-order chi connectivity index (χ0) is 13.5. The van der Waals surface area contributed by atoms with Gasteiger partial charge in [0.25, 0.3) is 0 Å². The summed E-state index contributed by atoms with van der Waals surface area (Å²) in [7, 11) is 0. The molecule has 1 aromatic heterocycles. The van der Waals surface area contributed by atoms with Crippen molar-refractivity contribution in [3.05, 3.63) is 29.6 Å². The van der Waals surface area contributed by atoms with Gasteiger partial charge in [-0.05, 0) is 25.0 Å². The number of aromatic nitrogens is 1. The second-order valence-electron chi connectivity index (χ2n) is 3.93. The summed E-state index contributed by atoms with van der Waals surface area (Å²) in [4.78, 5) is 26.3. The number of amides is 2. The van der Waals surface area contributed by atoms with Crippen molar-refractivity contribution < 1.29 is 14.7 Å². The standard InChI is InChI=1S/C12H17N3O3/c1-3-10(11(16)17)15-12(18)14-7-9-5-4-8(2)13-6-9/h4-6,10H,3,7H2,1-2H3,(H,16,17)(H2,14,15,18)/t10-/m1/s1. The first-order valence-corrected chi connectivity index (χ1v) is 5.71. The van der Waals surface area contributed by atoms with E-state index in [9.17, 15) is 9.59 Å². The van der Waals surface area contributed by atoms with E-state index in [1.165, 1.54) is 0 Å². The van der Waals surface area contributed by atoms with Gasteiger partial charge in [-0.15, -0.1) is 0 Å². The van der Waals surface area contributed by atoms with Crippen LogP contribution in [0.3, 0.4) is 0 Å². The summed E-state index contributed by atoms with van der Waals surface area (Å²) in [5, 5.41) is 13.7. The van der Waals surface area contributed by atoms with E-state index in [2.05, 4.69) is 15.6 Å². The van der Waals surface area contributed by atoms with Gasteiger partial charge in [0.2, 0.25) is 0 Å². The summed E-state index contributed by atoms with van der Waals surface area (Å²) < 4.78 is 0. The molecule has 1 atom stereocenters. The fourth-order valence-corrected chi connectivity index (χ4v) is 1.33. The van der Waals surface area contributed by atoms with Crippen LogP contribution in [-0.4, -0.2) is 28.1 Å². The SMILES string of the molecule is CC[C@@H](NC(=O)NCc1ccc(C)nc1)C(=O)O. The van der Waals surface area contributed by atoms with Crippen LogP contribution in [0, 0.1) is 6.92 Å². The van der Waals surface area contributed by atoms with Gasteiger partial charge in [-0.1, -0.05) is 13.0 Å². The van der Waals surface area contributed by atoms with Crippen LogP contribution in [0.15, 0.2) is 18.3 Å². The summed E-state index contributed by atoms with van der Waals surface area (Å²) in [6, 6.07) is 2.35. The van der Waals surface area contributed by atoms with Gasteiger partial charge < -0.3 is 15.7 Å². The monoisotopic (exact) mass is 251 g/mol. The highest BCUT2D eigenvalue weighted by Crippen LogP contribution is 1.98. The van der Waals surface area contributed by atoms with E-state index in [4.69, 9.17) is 5.11 Å². The van der Waals surface area contributed by atoms with Crippen LogP contribution in [0.2, 0.25) is 0 Å². The molecule has 0 aliphatic rings. The summed E-state index contributed by atoms with van der Waals surface area (Å²) in [6.45, 7) is 3.89. The number of nitrogens with zero attached hydrogens (tertiary/aromatic N) is 1. The number of aliphatic carboxylic acids is 1. The molecular weight excluding hydrogens is 234 g/mol. The zero-order valence-corrected chi connectivity index (χ0v) is 10.4. The number of rotatable bonds is 5. The minimum absolute atomic E-state index is 0.315. The van der Waals surface area contributed by atoms with Gasteiger partial charge in [-0.2, -0.15) is 0 Å². The first-order valence-electron chi connectivity index (χ1n) is 5.71. The second kappa shape index (κ2) is 6.58. The van der Waals surface area contributed by atoms with Gasteiger partial charge >= 0.3 is 12.0 Å². The van der Waals surface area contributed by atoms with Crippen molar-refractivity contribution >= 4 is 12.0 Å². The molecule has 0 aromatic carbocycles. The normalized spacial score (nSPS) is 11.7. The van der Waals surface area contributed by atoms with Crippen LogP contribution < -0.4 is 10.6 Å². The van der Waals surface area contributed by atoms with Crippen LogP contribution in [0.25, 0.3) is 0 Å². The molecule has 2 amide bonds. The highest BCUT2D eigenvalue weighted by molar-refractivity contribution is 5.82. The van der Waals surface area contributed by atoms with Crippen LogP contribution in [0.1, 0.15) is 24.6 Å². The Morgan fingerprint density at radius 1 is 1.44 bits per heavy atom. The molecule has 1 heterocycles. The van der Waals surface area contributed by atoms with E-state index in [-0.39, 0.29) is 0 Å². The van der Waals surface area contributed by atoms with Crippen LogP contribution in [-0.2, 0) is 11.3 Å². The number of pyridine rings is 1. The van der Waals surface area contributed by atoms with Gasteiger partial charge in [0.1, 0.15) is 6.04 Å². The number of carbonyl (C=O) groups excluding carboxylic acids is 1. The molecule has 1 aromatic rings. The molecule has 1 rings (SSSR count). The smallest absolute Gasteiger partial charge is 0.326 e. The van der Waals surface area contributed by atoms with E-state index in [1.807, 2.05) is 19.1 Å². The number of carboxylic acids is 1. The van der Waals surface area contributed by atoms with E-state index >= 15 is 0 Å². The van der Waals surface area contributed by atoms with Crippen molar-refractivity contribution in [2.24, 2.45) is 0 Å². The number of hydrogen-bond donors (Lipinski definition) is 3. The number of carboxylic acid groups (broad SMARTS) is 1. The highest BCUT2D eigenvalue weighted by atomic mass is 16.4. The average Bonchev–Trinajstić information content (AvgIpc) is 2.35. The number of nitrogens with one attached hydrogen (secondary N) is 2. The molecule has 0 spiro atoms. The number of hydrogen-bond acceptors (Lipinski definition) is 3. The molecule has 0 aliphatic heterocycles. The third-order valence-corrected chi connectivity index (χ3v) is 2.44. The summed E-state index contributed by atoms with van der Waals surface area (Å²) >= 11 is 0. The summed E-state index contributed by atoms with van der Waals surface area (Å²) in [5.41, 5.74) is 1.76. The van der Waals surface area contributed by atoms with Gasteiger partial charge in [0.15, 0.2) is 0 Å². The Hall–Kier alpha value is -2.11. The highest BCUT2D eigenvalue weighted by Gasteiger charge is 2.16. The van der Waals surface area contributed by atoms with Crippen molar-refractivity contribution in [2.75, 3.05) is 0 Å². The first kappa shape index (κ1) is 14.0. The molecule has 0 saturated carbocycles. The van der Waals surface area contributed by atoms with E-state index < -0.39 is 18.0 Å². The van der Waals surface area contributed by atoms with Crippen molar-refractivity contribution in [1.29, 1.82) is 0 Å². The predicted octanol–water partition coefficient (Wildman–Crippen LogP) is 1.05. The van der Waals surface area contributed by atoms with Crippen LogP contribution in [0.4, 0.5) is 4.79 Å². The van der Waals surface area contributed by atoms with Crippen molar-refractivity contribution in [2.45, 2.75) is 32.9 Å². The van der Waals surface area contributed by atoms with E-state index in [0.29, 0.717) is 13.0 Å². The number of urea groups is 1. The minimum atomic E-state index is -1.04. The van der Waals surface area contributed by atoms with Crippen molar-refractivity contribution in [3.8, 4) is 0 Å². The van der Waals surface area contributed by atoms with Gasteiger partial charge in [0, 0.05) is 18.4 Å². The summed E-state index contributed by atoms with van der Waals surface area (Å²) in [5.74, 6) is -1.04. The predicted molar refractivity (Wildman–Crippen MR) is 66.1 cm³/mol. The largest absolute Gasteiger partial charge is 0.480 e. The fourth-order valence-electron chi connectivity index (χ4n) is 1.33. The third kappa shape index (κ3) is 4.40. The Morgan fingerprint density at radius 3 is 2.67 bits per heavy atom. The van der Waals surface area contributed by atoms with Gasteiger partial charge in [-0.3, -0.25) is 4.98 Å². The Bertz CT molecular complexity index is 417. The molecule has 6 heteroatoms. The Balaban J connectivity index is 2.41. The molecule has 0 saturated heterocycles. The molecule has 0 unspecified atom stereocenters. The maximum Gasteiger partial charge on any atom is 0.326 e. The van der Waals surface area contributed by atoms with Crippen molar-refractivity contribution in [1.82, 2.24) is 15.6 Å². The maximum absolute atomic E-state index is 11.5. The van der Waals surface area contributed by atoms with Gasteiger partial charge in [-0.25, -0.2) is 9.59 Å². The third-order valence-electron chi connectivity index (χ3n) is 2.44. The lowest BCUT2D eigenvalue weighted by atomic mass is 10.2. The molecule has 0 fully saturated rings. The Labute approximate surface area is 105 Å². The number of carbonyl (C=O) groups is 2. The molecule has 6 nitrogen and oxygen atoms in total. The topological polar surface area (TPSA) is 91.3 Å². The molecule has 0 radical (unpaired) electrons. The maximum atomic E-state index is 11.5. The lowest BCUT2D eigenvalue weighted by Gasteiger charge is -2.13. The Morgan fingerprint density at radius 2 is 2.17 bits per heavy atom.